The quantitative estimate of drug-likeness (QED) is 0.771. The smallest absolute Gasteiger partial charge is 0.252 e. The van der Waals surface area contributed by atoms with E-state index in [1.807, 2.05) is 0 Å². The van der Waals surface area contributed by atoms with Crippen LogP contribution >= 0.6 is 0 Å². The van der Waals surface area contributed by atoms with Crippen LogP contribution in [0.2, 0.25) is 0 Å². The number of piperazine rings is 1. The molecule has 4 rings (SSSR count). The molecule has 0 N–H and O–H groups in total. The van der Waals surface area contributed by atoms with Gasteiger partial charge in [-0.1, -0.05) is 6.92 Å². The van der Waals surface area contributed by atoms with Crippen molar-refractivity contribution in [3.8, 4) is 0 Å². The Morgan fingerprint density at radius 1 is 0.958 bits per heavy atom. The Labute approximate surface area is 145 Å². The summed E-state index contributed by atoms with van der Waals surface area (Å²) >= 11 is 0. The molecule has 3 saturated heterocycles. The van der Waals surface area contributed by atoms with Crippen molar-refractivity contribution in [2.45, 2.75) is 51.2 Å². The van der Waals surface area contributed by atoms with Gasteiger partial charge < -0.3 is 14.4 Å². The fourth-order valence-electron chi connectivity index (χ4n) is 5.08. The van der Waals surface area contributed by atoms with E-state index in [4.69, 9.17) is 9.47 Å². The van der Waals surface area contributed by atoms with E-state index in [1.54, 1.807) is 0 Å². The summed E-state index contributed by atoms with van der Waals surface area (Å²) in [5.74, 6) is 1.94. The van der Waals surface area contributed by atoms with Crippen LogP contribution in [-0.4, -0.2) is 73.9 Å². The second-order valence-corrected chi connectivity index (χ2v) is 8.32. The number of carbonyl (C=O) groups is 1. The average Bonchev–Trinajstić information content (AvgIpc) is 3.06. The van der Waals surface area contributed by atoms with Gasteiger partial charge in [0.1, 0.15) is 6.10 Å². The molecule has 5 nitrogen and oxygen atoms in total. The minimum Gasteiger partial charge on any atom is -0.381 e. The molecule has 1 amide bonds. The number of ether oxygens (including phenoxy) is 2. The molecule has 136 valence electrons. The number of amides is 1. The zero-order valence-corrected chi connectivity index (χ0v) is 15.0. The lowest BCUT2D eigenvalue weighted by Crippen LogP contribution is -2.55. The SMILES string of the molecule is CC1CCC(N2CCN(C(=O)C3OCC4COCCC43)CC2)CC1. The van der Waals surface area contributed by atoms with Gasteiger partial charge in [0.2, 0.25) is 0 Å². The van der Waals surface area contributed by atoms with Crippen LogP contribution in [0.4, 0.5) is 0 Å². The standard InChI is InChI=1S/C19H32N2O3/c1-14-2-4-16(5-3-14)20-7-9-21(10-8-20)19(22)18-17-6-11-23-12-15(17)13-24-18/h14-18H,2-13H2,1H3. The number of fused-ring (bicyclic) bond motifs is 1. The van der Waals surface area contributed by atoms with Crippen LogP contribution in [0.5, 0.6) is 0 Å². The number of carbonyl (C=O) groups excluding carboxylic acids is 1. The van der Waals surface area contributed by atoms with Crippen LogP contribution in [0.1, 0.15) is 39.0 Å². The van der Waals surface area contributed by atoms with Crippen molar-refractivity contribution in [1.82, 2.24) is 9.80 Å². The lowest BCUT2D eigenvalue weighted by Gasteiger charge is -2.42. The molecule has 0 aromatic rings. The molecule has 0 aromatic carbocycles. The first-order valence-electron chi connectivity index (χ1n) is 9.94. The first kappa shape index (κ1) is 16.8. The van der Waals surface area contributed by atoms with Gasteiger partial charge in [0, 0.05) is 50.7 Å². The van der Waals surface area contributed by atoms with Gasteiger partial charge in [0.15, 0.2) is 0 Å². The van der Waals surface area contributed by atoms with Gasteiger partial charge in [-0.3, -0.25) is 9.69 Å². The summed E-state index contributed by atoms with van der Waals surface area (Å²) in [5.41, 5.74) is 0. The molecule has 1 aliphatic carbocycles. The largest absolute Gasteiger partial charge is 0.381 e. The summed E-state index contributed by atoms with van der Waals surface area (Å²) in [7, 11) is 0. The Morgan fingerprint density at radius 3 is 2.46 bits per heavy atom. The van der Waals surface area contributed by atoms with Gasteiger partial charge in [-0.25, -0.2) is 0 Å². The highest BCUT2D eigenvalue weighted by atomic mass is 16.5. The van der Waals surface area contributed by atoms with Crippen LogP contribution in [0.15, 0.2) is 0 Å². The monoisotopic (exact) mass is 336 g/mol. The molecule has 5 heteroatoms. The predicted octanol–water partition coefficient (Wildman–Crippen LogP) is 1.76. The molecular weight excluding hydrogens is 304 g/mol. The van der Waals surface area contributed by atoms with Crippen LogP contribution in [-0.2, 0) is 14.3 Å². The molecule has 3 atom stereocenters. The maximum atomic E-state index is 12.9. The van der Waals surface area contributed by atoms with E-state index in [-0.39, 0.29) is 12.0 Å². The van der Waals surface area contributed by atoms with Crippen molar-refractivity contribution in [2.24, 2.45) is 17.8 Å². The molecule has 0 aromatic heterocycles. The third-order valence-corrected chi connectivity index (χ3v) is 6.78. The first-order valence-corrected chi connectivity index (χ1v) is 9.94. The summed E-state index contributed by atoms with van der Waals surface area (Å²) < 4.78 is 11.4. The molecular formula is C19H32N2O3. The van der Waals surface area contributed by atoms with Crippen molar-refractivity contribution in [2.75, 3.05) is 46.0 Å². The zero-order valence-electron chi connectivity index (χ0n) is 15.0. The van der Waals surface area contributed by atoms with Crippen LogP contribution in [0.25, 0.3) is 0 Å². The van der Waals surface area contributed by atoms with Gasteiger partial charge >= 0.3 is 0 Å². The lowest BCUT2D eigenvalue weighted by molar-refractivity contribution is -0.145. The fraction of sp³-hybridized carbons (Fsp3) is 0.947. The topological polar surface area (TPSA) is 42.0 Å². The lowest BCUT2D eigenvalue weighted by atomic mass is 9.86. The Hall–Kier alpha value is -0.650. The maximum Gasteiger partial charge on any atom is 0.252 e. The van der Waals surface area contributed by atoms with Crippen LogP contribution in [0.3, 0.4) is 0 Å². The van der Waals surface area contributed by atoms with Crippen molar-refractivity contribution in [1.29, 1.82) is 0 Å². The molecule has 0 spiro atoms. The first-order chi connectivity index (χ1) is 11.7. The third-order valence-electron chi connectivity index (χ3n) is 6.78. The number of rotatable bonds is 2. The van der Waals surface area contributed by atoms with Gasteiger partial charge in [-0.05, 0) is 38.0 Å². The summed E-state index contributed by atoms with van der Waals surface area (Å²) in [6.45, 7) is 8.44. The minimum absolute atomic E-state index is 0.207. The highest BCUT2D eigenvalue weighted by molar-refractivity contribution is 5.81. The fourth-order valence-corrected chi connectivity index (χ4v) is 5.08. The molecule has 4 fully saturated rings. The van der Waals surface area contributed by atoms with Gasteiger partial charge in [0.25, 0.3) is 5.91 Å². The van der Waals surface area contributed by atoms with Gasteiger partial charge in [-0.15, -0.1) is 0 Å². The van der Waals surface area contributed by atoms with Crippen LogP contribution in [0, 0.1) is 17.8 Å². The van der Waals surface area contributed by atoms with E-state index in [1.165, 1.54) is 25.7 Å². The number of nitrogens with zero attached hydrogens (tertiary/aromatic N) is 2. The summed E-state index contributed by atoms with van der Waals surface area (Å²) in [5, 5.41) is 0. The van der Waals surface area contributed by atoms with E-state index in [0.717, 1.165) is 57.8 Å². The Morgan fingerprint density at radius 2 is 1.71 bits per heavy atom. The van der Waals surface area contributed by atoms with E-state index < -0.39 is 0 Å². The molecule has 4 aliphatic rings. The Kier molecular flexibility index (Phi) is 5.11. The molecule has 3 unspecified atom stereocenters. The second kappa shape index (κ2) is 7.30. The highest BCUT2D eigenvalue weighted by Crippen LogP contribution is 2.34. The van der Waals surface area contributed by atoms with E-state index >= 15 is 0 Å². The zero-order chi connectivity index (χ0) is 16.5. The average molecular weight is 336 g/mol. The predicted molar refractivity (Wildman–Crippen MR) is 91.7 cm³/mol. The molecule has 3 heterocycles. The molecule has 24 heavy (non-hydrogen) atoms. The number of hydrogen-bond donors (Lipinski definition) is 0. The molecule has 1 saturated carbocycles. The Bertz CT molecular complexity index is 442. The normalized spacial score (nSPS) is 41.2. The molecule has 3 aliphatic heterocycles. The Balaban J connectivity index is 1.28. The summed E-state index contributed by atoms with van der Waals surface area (Å²) in [4.78, 5) is 17.6. The van der Waals surface area contributed by atoms with Crippen molar-refractivity contribution in [3.05, 3.63) is 0 Å². The highest BCUT2D eigenvalue weighted by Gasteiger charge is 2.44. The summed E-state index contributed by atoms with van der Waals surface area (Å²) in [6.07, 6.45) is 6.17. The molecule has 0 bridgehead atoms. The van der Waals surface area contributed by atoms with Crippen molar-refractivity contribution >= 4 is 5.91 Å². The van der Waals surface area contributed by atoms with E-state index in [9.17, 15) is 4.79 Å². The van der Waals surface area contributed by atoms with E-state index in [0.29, 0.717) is 18.4 Å². The maximum absolute atomic E-state index is 12.9. The summed E-state index contributed by atoms with van der Waals surface area (Å²) in [6, 6.07) is 0.751. The van der Waals surface area contributed by atoms with Gasteiger partial charge in [0.05, 0.1) is 13.2 Å². The van der Waals surface area contributed by atoms with Crippen molar-refractivity contribution < 1.29 is 14.3 Å². The second-order valence-electron chi connectivity index (χ2n) is 8.32. The van der Waals surface area contributed by atoms with Crippen molar-refractivity contribution in [3.63, 3.8) is 0 Å². The third kappa shape index (κ3) is 3.35. The minimum atomic E-state index is -0.207. The number of hydrogen-bond acceptors (Lipinski definition) is 4. The van der Waals surface area contributed by atoms with Gasteiger partial charge in [-0.2, -0.15) is 0 Å². The van der Waals surface area contributed by atoms with Crippen LogP contribution < -0.4 is 0 Å². The molecule has 0 radical (unpaired) electrons. The van der Waals surface area contributed by atoms with E-state index in [2.05, 4.69) is 16.7 Å².